The zero-order chi connectivity index (χ0) is 18.4. The van der Waals surface area contributed by atoms with E-state index in [0.29, 0.717) is 36.6 Å². The molecule has 0 aromatic heterocycles. The lowest BCUT2D eigenvalue weighted by Gasteiger charge is -2.29. The first-order valence-electron chi connectivity index (χ1n) is 8.25. The van der Waals surface area contributed by atoms with Gasteiger partial charge >= 0.3 is 0 Å². The summed E-state index contributed by atoms with van der Waals surface area (Å²) in [5.74, 6) is -0.274. The van der Waals surface area contributed by atoms with Crippen molar-refractivity contribution in [2.24, 2.45) is 0 Å². The van der Waals surface area contributed by atoms with E-state index in [-0.39, 0.29) is 30.9 Å². The maximum Gasteiger partial charge on any atom is 0.265 e. The predicted octanol–water partition coefficient (Wildman–Crippen LogP) is 1.20. The summed E-state index contributed by atoms with van der Waals surface area (Å²) in [5.41, 5.74) is 0.889. The normalized spacial score (nSPS) is 12.9. The van der Waals surface area contributed by atoms with Gasteiger partial charge in [0.05, 0.1) is 5.69 Å². The Morgan fingerprint density at radius 1 is 1.36 bits per heavy atom. The van der Waals surface area contributed by atoms with Crippen LogP contribution in [0.25, 0.3) is 0 Å². The molecule has 25 heavy (non-hydrogen) atoms. The molecule has 1 aromatic carbocycles. The van der Waals surface area contributed by atoms with Crippen molar-refractivity contribution in [1.29, 1.82) is 0 Å². The lowest BCUT2D eigenvalue weighted by molar-refractivity contribution is -0.125. The summed E-state index contributed by atoms with van der Waals surface area (Å²) in [6.45, 7) is 8.59. The molecule has 0 fully saturated rings. The van der Waals surface area contributed by atoms with Crippen molar-refractivity contribution < 1.29 is 19.1 Å². The second-order valence-electron chi connectivity index (χ2n) is 5.52. The molecule has 0 radical (unpaired) electrons. The van der Waals surface area contributed by atoms with Crippen LogP contribution in [0.1, 0.15) is 24.2 Å². The third-order valence-corrected chi connectivity index (χ3v) is 3.94. The molecule has 7 heteroatoms. The van der Waals surface area contributed by atoms with E-state index in [1.54, 1.807) is 29.2 Å². The Hall–Kier alpha value is -2.83. The molecule has 7 nitrogen and oxygen atoms in total. The van der Waals surface area contributed by atoms with Crippen molar-refractivity contribution in [3.8, 4) is 5.75 Å². The van der Waals surface area contributed by atoms with Crippen LogP contribution in [-0.2, 0) is 9.59 Å². The average molecular weight is 345 g/mol. The van der Waals surface area contributed by atoms with Crippen LogP contribution in [0.15, 0.2) is 30.9 Å². The molecule has 1 heterocycles. The van der Waals surface area contributed by atoms with E-state index in [4.69, 9.17) is 4.74 Å². The summed E-state index contributed by atoms with van der Waals surface area (Å²) in [6.07, 6.45) is 1.56. The van der Waals surface area contributed by atoms with E-state index in [0.717, 1.165) is 0 Å². The van der Waals surface area contributed by atoms with E-state index >= 15 is 0 Å². The lowest BCUT2D eigenvalue weighted by Crippen LogP contribution is -2.45. The highest BCUT2D eigenvalue weighted by Gasteiger charge is 2.28. The Bertz CT molecular complexity index is 683. The highest BCUT2D eigenvalue weighted by atomic mass is 16.5. The minimum atomic E-state index is -0.325. The molecular weight excluding hydrogens is 322 g/mol. The number of rotatable bonds is 7. The van der Waals surface area contributed by atoms with Crippen LogP contribution in [-0.4, -0.2) is 55.4 Å². The van der Waals surface area contributed by atoms with Gasteiger partial charge in [0.15, 0.2) is 6.61 Å². The van der Waals surface area contributed by atoms with Gasteiger partial charge < -0.3 is 15.0 Å². The summed E-state index contributed by atoms with van der Waals surface area (Å²) >= 11 is 0. The summed E-state index contributed by atoms with van der Waals surface area (Å²) in [6, 6.07) is 4.94. The van der Waals surface area contributed by atoms with Gasteiger partial charge in [0, 0.05) is 25.2 Å². The molecule has 1 aliphatic heterocycles. The summed E-state index contributed by atoms with van der Waals surface area (Å²) in [7, 11) is 0. The zero-order valence-corrected chi connectivity index (χ0v) is 14.6. The molecule has 2 rings (SSSR count). The fraction of sp³-hybridized carbons (Fsp3) is 0.389. The van der Waals surface area contributed by atoms with E-state index in [1.807, 2.05) is 13.8 Å². The number of benzene rings is 1. The smallest absolute Gasteiger partial charge is 0.265 e. The topological polar surface area (TPSA) is 79.0 Å². The van der Waals surface area contributed by atoms with Crippen molar-refractivity contribution >= 4 is 23.4 Å². The number of hydrogen-bond acceptors (Lipinski definition) is 4. The van der Waals surface area contributed by atoms with Gasteiger partial charge in [-0.2, -0.15) is 0 Å². The van der Waals surface area contributed by atoms with E-state index < -0.39 is 0 Å². The van der Waals surface area contributed by atoms with Gasteiger partial charge in [0.25, 0.3) is 11.8 Å². The fourth-order valence-electron chi connectivity index (χ4n) is 2.59. The van der Waals surface area contributed by atoms with Crippen molar-refractivity contribution in [3.63, 3.8) is 0 Å². The Kier molecular flexibility index (Phi) is 6.16. The van der Waals surface area contributed by atoms with Crippen LogP contribution in [0, 0.1) is 0 Å². The van der Waals surface area contributed by atoms with Gasteiger partial charge in [-0.25, -0.2) is 0 Å². The SMILES string of the molecule is C=CCNC(=O)CN1C(=O)COc2ccc(C(=O)N(CC)CC)cc21. The number of hydrogen-bond donors (Lipinski definition) is 1. The molecule has 0 spiro atoms. The molecular formula is C18H23N3O4. The van der Waals surface area contributed by atoms with Gasteiger partial charge in [-0.3, -0.25) is 19.3 Å². The van der Waals surface area contributed by atoms with Crippen molar-refractivity contribution in [1.82, 2.24) is 10.2 Å². The number of nitrogens with zero attached hydrogens (tertiary/aromatic N) is 2. The predicted molar refractivity (Wildman–Crippen MR) is 94.7 cm³/mol. The standard InChI is InChI=1S/C18H23N3O4/c1-4-9-19-16(22)11-21-14-10-13(18(24)20(5-2)6-3)7-8-15(14)25-12-17(21)23/h4,7-8,10H,1,5-6,9,11-12H2,2-3H3,(H,19,22). The number of ether oxygens (including phenoxy) is 1. The Morgan fingerprint density at radius 2 is 2.08 bits per heavy atom. The lowest BCUT2D eigenvalue weighted by atomic mass is 10.1. The molecule has 0 saturated heterocycles. The maximum absolute atomic E-state index is 12.5. The molecule has 0 atom stereocenters. The third kappa shape index (κ3) is 4.17. The first kappa shape index (κ1) is 18.5. The van der Waals surface area contributed by atoms with Crippen LogP contribution in [0.2, 0.25) is 0 Å². The maximum atomic E-state index is 12.5. The molecule has 3 amide bonds. The van der Waals surface area contributed by atoms with Gasteiger partial charge in [-0.15, -0.1) is 6.58 Å². The molecule has 0 unspecified atom stereocenters. The largest absolute Gasteiger partial charge is 0.482 e. The number of carbonyl (C=O) groups excluding carboxylic acids is 3. The summed E-state index contributed by atoms with van der Waals surface area (Å²) < 4.78 is 5.41. The minimum absolute atomic E-state index is 0.123. The quantitative estimate of drug-likeness (QED) is 0.753. The van der Waals surface area contributed by atoms with Crippen LogP contribution in [0.3, 0.4) is 0 Å². The van der Waals surface area contributed by atoms with Crippen molar-refractivity contribution in [2.45, 2.75) is 13.8 Å². The monoisotopic (exact) mass is 345 g/mol. The molecule has 134 valence electrons. The summed E-state index contributed by atoms with van der Waals surface area (Å²) in [5, 5.41) is 2.64. The molecule has 1 aromatic rings. The number of carbonyl (C=O) groups is 3. The van der Waals surface area contributed by atoms with Gasteiger partial charge in [-0.05, 0) is 32.0 Å². The van der Waals surface area contributed by atoms with E-state index in [2.05, 4.69) is 11.9 Å². The van der Waals surface area contributed by atoms with Crippen LogP contribution < -0.4 is 15.0 Å². The molecule has 0 saturated carbocycles. The number of anilines is 1. The van der Waals surface area contributed by atoms with Crippen LogP contribution >= 0.6 is 0 Å². The average Bonchev–Trinajstić information content (AvgIpc) is 2.62. The van der Waals surface area contributed by atoms with Crippen molar-refractivity contribution in [2.75, 3.05) is 37.7 Å². The minimum Gasteiger partial charge on any atom is -0.482 e. The van der Waals surface area contributed by atoms with Crippen LogP contribution in [0.4, 0.5) is 5.69 Å². The van der Waals surface area contributed by atoms with Crippen molar-refractivity contribution in [3.05, 3.63) is 36.4 Å². The fourth-order valence-corrected chi connectivity index (χ4v) is 2.59. The summed E-state index contributed by atoms with van der Waals surface area (Å²) in [4.78, 5) is 39.7. The molecule has 0 bridgehead atoms. The molecule has 1 aliphatic rings. The Morgan fingerprint density at radius 3 is 2.72 bits per heavy atom. The Labute approximate surface area is 147 Å². The number of amides is 3. The van der Waals surface area contributed by atoms with Gasteiger partial charge in [0.2, 0.25) is 5.91 Å². The Balaban J connectivity index is 2.29. The second kappa shape index (κ2) is 8.32. The highest BCUT2D eigenvalue weighted by molar-refractivity contribution is 6.04. The molecule has 0 aliphatic carbocycles. The molecule has 1 N–H and O–H groups in total. The van der Waals surface area contributed by atoms with Gasteiger partial charge in [-0.1, -0.05) is 6.08 Å². The second-order valence-corrected chi connectivity index (χ2v) is 5.52. The van der Waals surface area contributed by atoms with E-state index in [1.165, 1.54) is 4.90 Å². The first-order valence-corrected chi connectivity index (χ1v) is 8.25. The number of nitrogens with one attached hydrogen (secondary N) is 1. The highest BCUT2D eigenvalue weighted by Crippen LogP contribution is 2.33. The van der Waals surface area contributed by atoms with Gasteiger partial charge in [0.1, 0.15) is 12.3 Å². The first-order chi connectivity index (χ1) is 12.0. The zero-order valence-electron chi connectivity index (χ0n) is 14.6. The van der Waals surface area contributed by atoms with Crippen LogP contribution in [0.5, 0.6) is 5.75 Å². The third-order valence-electron chi connectivity index (χ3n) is 3.94. The number of fused-ring (bicyclic) bond motifs is 1. The van der Waals surface area contributed by atoms with E-state index in [9.17, 15) is 14.4 Å².